The van der Waals surface area contributed by atoms with E-state index in [9.17, 15) is 14.4 Å². The third kappa shape index (κ3) is 4.18. The highest BCUT2D eigenvalue weighted by atomic mass is 16.5. The van der Waals surface area contributed by atoms with Gasteiger partial charge in [0.2, 0.25) is 0 Å². The fourth-order valence-corrected chi connectivity index (χ4v) is 2.95. The molecule has 1 fully saturated rings. The number of amides is 2. The maximum absolute atomic E-state index is 11.7. The number of hydrogen-bond donors (Lipinski definition) is 0. The number of carbonyl (C=O) groups is 3. The normalized spacial score (nSPS) is 19.4. The van der Waals surface area contributed by atoms with Gasteiger partial charge in [-0.2, -0.15) is 0 Å². The van der Waals surface area contributed by atoms with Crippen LogP contribution in [0.4, 0.5) is 0 Å². The smallest absolute Gasteiger partial charge is 0.305 e. The van der Waals surface area contributed by atoms with Crippen LogP contribution in [-0.2, 0) is 19.1 Å². The number of ether oxygens (including phenoxy) is 1. The zero-order valence-electron chi connectivity index (χ0n) is 13.3. The molecular weight excluding hydrogens is 282 g/mol. The third-order valence-electron chi connectivity index (χ3n) is 4.87. The van der Waals surface area contributed by atoms with Gasteiger partial charge < -0.3 is 4.74 Å². The lowest BCUT2D eigenvalue weighted by atomic mass is 9.68. The molecule has 2 aliphatic rings. The van der Waals surface area contributed by atoms with E-state index in [0.717, 1.165) is 25.7 Å². The quantitative estimate of drug-likeness (QED) is 0.373. The van der Waals surface area contributed by atoms with Crippen molar-refractivity contribution in [3.05, 3.63) is 12.2 Å². The van der Waals surface area contributed by atoms with Crippen molar-refractivity contribution >= 4 is 17.8 Å². The summed E-state index contributed by atoms with van der Waals surface area (Å²) in [5.74, 6) is -0.612. The van der Waals surface area contributed by atoms with Gasteiger partial charge in [-0.05, 0) is 32.1 Å². The lowest BCUT2D eigenvalue weighted by molar-refractivity contribution is -0.150. The highest BCUT2D eigenvalue weighted by Gasteiger charge is 2.36. The van der Waals surface area contributed by atoms with E-state index >= 15 is 0 Å². The summed E-state index contributed by atoms with van der Waals surface area (Å²) >= 11 is 0. The maximum atomic E-state index is 11.7. The first-order valence-electron chi connectivity index (χ1n) is 8.25. The molecule has 0 spiro atoms. The first-order valence-corrected chi connectivity index (χ1v) is 8.25. The van der Waals surface area contributed by atoms with Crippen molar-refractivity contribution in [1.29, 1.82) is 0 Å². The predicted molar refractivity (Wildman–Crippen MR) is 81.9 cm³/mol. The number of esters is 1. The van der Waals surface area contributed by atoms with Crippen molar-refractivity contribution in [2.24, 2.45) is 5.41 Å². The van der Waals surface area contributed by atoms with Crippen LogP contribution >= 0.6 is 0 Å². The number of imide groups is 1. The first-order chi connectivity index (χ1) is 10.6. The molecule has 0 bridgehead atoms. The highest BCUT2D eigenvalue weighted by molar-refractivity contribution is 6.12. The molecule has 22 heavy (non-hydrogen) atoms. The molecule has 1 heterocycles. The van der Waals surface area contributed by atoms with E-state index in [2.05, 4.69) is 6.92 Å². The van der Waals surface area contributed by atoms with Gasteiger partial charge >= 0.3 is 5.97 Å². The van der Waals surface area contributed by atoms with Gasteiger partial charge in [0.05, 0.1) is 6.61 Å². The maximum Gasteiger partial charge on any atom is 0.305 e. The number of rotatable bonds is 9. The van der Waals surface area contributed by atoms with E-state index in [1.165, 1.54) is 36.3 Å². The predicted octanol–water partition coefficient (Wildman–Crippen LogP) is 2.60. The summed E-state index contributed by atoms with van der Waals surface area (Å²) in [5, 5.41) is 0. The van der Waals surface area contributed by atoms with Crippen molar-refractivity contribution in [2.45, 2.75) is 58.3 Å². The van der Waals surface area contributed by atoms with Crippen molar-refractivity contribution < 1.29 is 19.1 Å². The molecule has 5 heteroatoms. The van der Waals surface area contributed by atoms with Gasteiger partial charge in [-0.3, -0.25) is 19.3 Å². The Labute approximate surface area is 131 Å². The molecule has 122 valence electrons. The van der Waals surface area contributed by atoms with Crippen LogP contribution in [0.1, 0.15) is 58.3 Å². The van der Waals surface area contributed by atoms with E-state index in [1.807, 2.05) is 0 Å². The standard InChI is InChI=1S/C17H25NO4/c1-2-17(10-6-11-17)13-22-16(21)7-4-3-5-12-18-14(19)8-9-15(18)20/h8-9H,2-7,10-13H2,1H3. The Kier molecular flexibility index (Phi) is 5.75. The van der Waals surface area contributed by atoms with Crippen LogP contribution in [0.2, 0.25) is 0 Å². The summed E-state index contributed by atoms with van der Waals surface area (Å²) in [6.45, 7) is 3.15. The molecule has 0 saturated heterocycles. The Hall–Kier alpha value is -1.65. The molecule has 2 rings (SSSR count). The molecule has 2 amide bonds. The number of hydrogen-bond acceptors (Lipinski definition) is 4. The lowest BCUT2D eigenvalue weighted by Crippen LogP contribution is -2.34. The fourth-order valence-electron chi connectivity index (χ4n) is 2.95. The van der Waals surface area contributed by atoms with Crippen LogP contribution in [0.15, 0.2) is 12.2 Å². The second-order valence-corrected chi connectivity index (χ2v) is 6.34. The fraction of sp³-hybridized carbons (Fsp3) is 0.706. The molecule has 1 saturated carbocycles. The second-order valence-electron chi connectivity index (χ2n) is 6.34. The zero-order chi connectivity index (χ0) is 16.0. The van der Waals surface area contributed by atoms with Crippen LogP contribution in [0.25, 0.3) is 0 Å². The second kappa shape index (κ2) is 7.56. The van der Waals surface area contributed by atoms with Gasteiger partial charge in [-0.25, -0.2) is 0 Å². The summed E-state index contributed by atoms with van der Waals surface area (Å²) in [7, 11) is 0. The summed E-state index contributed by atoms with van der Waals surface area (Å²) in [6.07, 6.45) is 9.94. The largest absolute Gasteiger partial charge is 0.465 e. The molecule has 1 aliphatic carbocycles. The molecule has 0 N–H and O–H groups in total. The van der Waals surface area contributed by atoms with Crippen LogP contribution in [0.3, 0.4) is 0 Å². The van der Waals surface area contributed by atoms with E-state index < -0.39 is 0 Å². The van der Waals surface area contributed by atoms with Crippen LogP contribution in [0.5, 0.6) is 0 Å². The summed E-state index contributed by atoms with van der Waals surface area (Å²) in [6, 6.07) is 0. The van der Waals surface area contributed by atoms with Crippen molar-refractivity contribution in [1.82, 2.24) is 4.90 Å². The Morgan fingerprint density at radius 1 is 1.18 bits per heavy atom. The van der Waals surface area contributed by atoms with E-state index in [-0.39, 0.29) is 23.2 Å². The van der Waals surface area contributed by atoms with E-state index in [0.29, 0.717) is 19.6 Å². The van der Waals surface area contributed by atoms with E-state index in [1.54, 1.807) is 0 Å². The Morgan fingerprint density at radius 2 is 1.86 bits per heavy atom. The molecule has 1 aliphatic heterocycles. The SMILES string of the molecule is CCC1(COC(=O)CCCCCN2C(=O)C=CC2=O)CCC1. The highest BCUT2D eigenvalue weighted by Crippen LogP contribution is 2.43. The van der Waals surface area contributed by atoms with E-state index in [4.69, 9.17) is 4.74 Å². The van der Waals surface area contributed by atoms with Crippen molar-refractivity contribution in [3.63, 3.8) is 0 Å². The summed E-state index contributed by atoms with van der Waals surface area (Å²) in [5.41, 5.74) is 0.249. The summed E-state index contributed by atoms with van der Waals surface area (Å²) < 4.78 is 5.39. The Bertz CT molecular complexity index is 442. The lowest BCUT2D eigenvalue weighted by Gasteiger charge is -2.40. The minimum atomic E-state index is -0.241. The van der Waals surface area contributed by atoms with Gasteiger partial charge in [0, 0.05) is 30.5 Å². The monoisotopic (exact) mass is 307 g/mol. The molecule has 0 aromatic rings. The van der Waals surface area contributed by atoms with Gasteiger partial charge in [-0.1, -0.05) is 19.8 Å². The topological polar surface area (TPSA) is 63.7 Å². The minimum Gasteiger partial charge on any atom is -0.465 e. The van der Waals surface area contributed by atoms with Crippen LogP contribution in [0, 0.1) is 5.41 Å². The van der Waals surface area contributed by atoms with Gasteiger partial charge in [-0.15, -0.1) is 0 Å². The third-order valence-corrected chi connectivity index (χ3v) is 4.87. The van der Waals surface area contributed by atoms with Gasteiger partial charge in [0.1, 0.15) is 0 Å². The summed E-state index contributed by atoms with van der Waals surface area (Å²) in [4.78, 5) is 35.6. The minimum absolute atomic E-state index is 0.130. The number of carbonyl (C=O) groups excluding carboxylic acids is 3. The molecule has 5 nitrogen and oxygen atoms in total. The molecule has 0 atom stereocenters. The number of nitrogens with zero attached hydrogens (tertiary/aromatic N) is 1. The average molecular weight is 307 g/mol. The Balaban J connectivity index is 1.52. The molecule has 0 unspecified atom stereocenters. The van der Waals surface area contributed by atoms with Crippen molar-refractivity contribution in [3.8, 4) is 0 Å². The molecule has 0 aromatic carbocycles. The van der Waals surface area contributed by atoms with Crippen LogP contribution < -0.4 is 0 Å². The molecule has 0 aromatic heterocycles. The zero-order valence-corrected chi connectivity index (χ0v) is 13.3. The average Bonchev–Trinajstić information content (AvgIpc) is 2.78. The number of unbranched alkanes of at least 4 members (excludes halogenated alkanes) is 2. The molecule has 0 radical (unpaired) electrons. The first kappa shape index (κ1) is 16.7. The van der Waals surface area contributed by atoms with Crippen LogP contribution in [-0.4, -0.2) is 35.8 Å². The van der Waals surface area contributed by atoms with Gasteiger partial charge in [0.15, 0.2) is 0 Å². The molecular formula is C17H25NO4. The van der Waals surface area contributed by atoms with Gasteiger partial charge in [0.25, 0.3) is 11.8 Å². The Morgan fingerprint density at radius 3 is 2.41 bits per heavy atom. The van der Waals surface area contributed by atoms with Crippen molar-refractivity contribution in [2.75, 3.05) is 13.2 Å².